The van der Waals surface area contributed by atoms with Gasteiger partial charge in [0.1, 0.15) is 46.5 Å². The maximum Gasteiger partial charge on any atom is 0.417 e. The summed E-state index contributed by atoms with van der Waals surface area (Å²) in [5, 5.41) is 0. The highest BCUT2D eigenvalue weighted by atomic mass is 19.1. The van der Waals surface area contributed by atoms with Gasteiger partial charge in [0.15, 0.2) is 0 Å². The Hall–Kier alpha value is -3.54. The molecule has 2 amide bonds. The Labute approximate surface area is 207 Å². The first kappa shape index (κ1) is 24.6. The summed E-state index contributed by atoms with van der Waals surface area (Å²) in [5.41, 5.74) is 4.03. The maximum absolute atomic E-state index is 15.2. The van der Waals surface area contributed by atoms with Crippen LogP contribution in [-0.4, -0.2) is 39.2 Å². The molecule has 35 heavy (non-hydrogen) atoms. The molecule has 0 saturated carbocycles. The van der Waals surface area contributed by atoms with Crippen LogP contribution in [0.2, 0.25) is 5.82 Å². The van der Waals surface area contributed by atoms with E-state index in [1.165, 1.54) is 11.0 Å². The van der Waals surface area contributed by atoms with Gasteiger partial charge in [-0.2, -0.15) is 0 Å². The van der Waals surface area contributed by atoms with Gasteiger partial charge in [0.05, 0.1) is 0 Å². The third-order valence-electron chi connectivity index (χ3n) is 6.82. The van der Waals surface area contributed by atoms with Gasteiger partial charge in [0, 0.05) is 11.9 Å². The van der Waals surface area contributed by atoms with Gasteiger partial charge in [-0.25, -0.2) is 14.1 Å². The predicted molar refractivity (Wildman–Crippen MR) is 138 cm³/mol. The summed E-state index contributed by atoms with van der Waals surface area (Å²) in [6.45, 7) is 4.18. The first-order chi connectivity index (χ1) is 16.8. The fourth-order valence-corrected chi connectivity index (χ4v) is 4.48. The van der Waals surface area contributed by atoms with E-state index in [0.29, 0.717) is 17.9 Å². The average Bonchev–Trinajstić information content (AvgIpc) is 3.24. The lowest BCUT2D eigenvalue weighted by Crippen LogP contribution is -2.38. The minimum Gasteiger partial charge on any atom is -0.489 e. The van der Waals surface area contributed by atoms with Crippen LogP contribution in [0.1, 0.15) is 41.1 Å². The van der Waals surface area contributed by atoms with Crippen molar-refractivity contribution < 1.29 is 23.5 Å². The number of ether oxygens (including phenoxy) is 2. The molecule has 5 nitrogen and oxygen atoms in total. The number of aryl methyl sites for hydroxylation is 1. The van der Waals surface area contributed by atoms with Crippen LogP contribution in [0.25, 0.3) is 0 Å². The van der Waals surface area contributed by atoms with Crippen molar-refractivity contribution in [1.29, 1.82) is 0 Å². The van der Waals surface area contributed by atoms with Gasteiger partial charge < -0.3 is 9.47 Å². The highest BCUT2D eigenvalue weighted by Crippen LogP contribution is 2.36. The second kappa shape index (κ2) is 10.4. The minimum absolute atomic E-state index is 0.109. The Bertz CT molecular complexity index is 1240. The third-order valence-corrected chi connectivity index (χ3v) is 6.82. The molecule has 0 N–H and O–H groups in total. The first-order valence-corrected chi connectivity index (χ1v) is 11.8. The zero-order valence-corrected chi connectivity index (χ0v) is 20.5. The van der Waals surface area contributed by atoms with Crippen molar-refractivity contribution in [3.05, 3.63) is 94.8 Å². The number of benzene rings is 3. The lowest BCUT2D eigenvalue weighted by Gasteiger charge is -2.28. The Balaban J connectivity index is 1.52. The van der Waals surface area contributed by atoms with Crippen molar-refractivity contribution >= 4 is 33.2 Å². The molecule has 3 atom stereocenters. The number of amides is 2. The number of carbonyl (C=O) groups is 2. The fourth-order valence-electron chi connectivity index (χ4n) is 4.48. The molecule has 1 fully saturated rings. The molecule has 0 bridgehead atoms. The van der Waals surface area contributed by atoms with Gasteiger partial charge in [-0.05, 0) is 40.6 Å². The Morgan fingerprint density at radius 1 is 1.17 bits per heavy atom. The van der Waals surface area contributed by atoms with E-state index in [-0.39, 0.29) is 12.5 Å². The summed E-state index contributed by atoms with van der Waals surface area (Å²) in [6, 6.07) is 19.9. The van der Waals surface area contributed by atoms with Crippen LogP contribution in [0.3, 0.4) is 0 Å². The van der Waals surface area contributed by atoms with E-state index in [1.54, 1.807) is 20.8 Å². The normalized spacial score (nSPS) is 17.1. The number of cyclic esters (lactones) is 1. The fraction of sp³-hybridized carbons (Fsp3) is 0.259. The van der Waals surface area contributed by atoms with E-state index in [1.807, 2.05) is 69.4 Å². The van der Waals surface area contributed by atoms with Crippen molar-refractivity contribution in [2.45, 2.75) is 38.2 Å². The zero-order valence-electron chi connectivity index (χ0n) is 20.5. The molecule has 0 unspecified atom stereocenters. The molecular formula is C27H28B2FNO4. The SMILES string of the molecule is Bc1cc([C@H](C)[C@@H](B)C(=O)N2C(=O)OC[C@H]2c2ccccc2C)c(F)cc1OCc1ccccc1. The van der Waals surface area contributed by atoms with Crippen LogP contribution in [0, 0.1) is 12.7 Å². The molecular weight excluding hydrogens is 443 g/mol. The van der Waals surface area contributed by atoms with E-state index in [9.17, 15) is 9.59 Å². The smallest absolute Gasteiger partial charge is 0.417 e. The molecule has 0 aromatic heterocycles. The number of rotatable bonds is 7. The largest absolute Gasteiger partial charge is 0.489 e. The minimum atomic E-state index is -0.663. The Morgan fingerprint density at radius 3 is 2.57 bits per heavy atom. The van der Waals surface area contributed by atoms with E-state index in [0.717, 1.165) is 22.2 Å². The molecule has 8 heteroatoms. The number of hydrogen-bond acceptors (Lipinski definition) is 4. The monoisotopic (exact) mass is 471 g/mol. The summed E-state index contributed by atoms with van der Waals surface area (Å²) in [4.78, 5) is 27.2. The highest BCUT2D eigenvalue weighted by molar-refractivity contribution is 6.34. The summed E-state index contributed by atoms with van der Waals surface area (Å²) >= 11 is 0. The van der Waals surface area contributed by atoms with Crippen molar-refractivity contribution in [2.75, 3.05) is 6.61 Å². The van der Waals surface area contributed by atoms with Crippen molar-refractivity contribution in [3.63, 3.8) is 0 Å². The number of halogens is 1. The molecule has 4 rings (SSSR count). The molecule has 1 heterocycles. The summed E-state index contributed by atoms with van der Waals surface area (Å²) in [5.74, 6) is -1.46. The number of nitrogens with zero attached hydrogens (tertiary/aromatic N) is 1. The van der Waals surface area contributed by atoms with E-state index in [2.05, 4.69) is 0 Å². The number of carbonyl (C=O) groups excluding carboxylic acids is 2. The van der Waals surface area contributed by atoms with Crippen molar-refractivity contribution in [3.8, 4) is 5.75 Å². The number of hydrogen-bond donors (Lipinski definition) is 0. The molecule has 0 spiro atoms. The molecule has 3 aromatic carbocycles. The molecule has 3 aromatic rings. The maximum atomic E-state index is 15.2. The van der Waals surface area contributed by atoms with Crippen LogP contribution >= 0.6 is 0 Å². The lowest BCUT2D eigenvalue weighted by atomic mass is 9.72. The molecule has 178 valence electrons. The highest BCUT2D eigenvalue weighted by Gasteiger charge is 2.42. The van der Waals surface area contributed by atoms with Gasteiger partial charge in [0.2, 0.25) is 5.91 Å². The van der Waals surface area contributed by atoms with Gasteiger partial charge in [0.25, 0.3) is 0 Å². The van der Waals surface area contributed by atoms with Crippen LogP contribution < -0.4 is 10.2 Å². The second-order valence-corrected chi connectivity index (χ2v) is 9.15. The summed E-state index contributed by atoms with van der Waals surface area (Å²) in [6.07, 6.45) is -0.663. The lowest BCUT2D eigenvalue weighted by molar-refractivity contribution is -0.129. The van der Waals surface area contributed by atoms with Crippen molar-refractivity contribution in [2.24, 2.45) is 0 Å². The predicted octanol–water partition coefficient (Wildman–Crippen LogP) is 3.22. The second-order valence-electron chi connectivity index (χ2n) is 9.15. The van der Waals surface area contributed by atoms with Crippen LogP contribution in [0.15, 0.2) is 66.7 Å². The third kappa shape index (κ3) is 5.11. The Morgan fingerprint density at radius 2 is 1.86 bits per heavy atom. The van der Waals surface area contributed by atoms with Crippen LogP contribution in [0.4, 0.5) is 9.18 Å². The van der Waals surface area contributed by atoms with E-state index >= 15 is 4.39 Å². The van der Waals surface area contributed by atoms with Gasteiger partial charge in [-0.3, -0.25) is 4.79 Å². The number of imide groups is 1. The standard InChI is InChI=1S/C27H28B2FNO4/c1-16-8-6-7-11-19(16)23-15-35-27(33)31(23)26(32)25(29)17(2)20-12-21(28)24(13-22(20)30)34-14-18-9-4-3-5-10-18/h3-13,17,23,25H,14-15,28-29H2,1-2H3/t17-,23-,25+/m0/s1. The van der Waals surface area contributed by atoms with Crippen molar-refractivity contribution in [1.82, 2.24) is 4.90 Å². The molecule has 1 saturated heterocycles. The molecule has 0 aliphatic carbocycles. The summed E-state index contributed by atoms with van der Waals surface area (Å²) in [7, 11) is 3.58. The quantitative estimate of drug-likeness (QED) is 0.497. The molecule has 1 aliphatic heterocycles. The van der Waals surface area contributed by atoms with Crippen LogP contribution in [-0.2, 0) is 16.1 Å². The molecule has 0 radical (unpaired) electrons. The topological polar surface area (TPSA) is 55.8 Å². The van der Waals surface area contributed by atoms with E-state index in [4.69, 9.17) is 9.47 Å². The van der Waals surface area contributed by atoms with E-state index < -0.39 is 29.7 Å². The zero-order chi connectivity index (χ0) is 25.1. The summed E-state index contributed by atoms with van der Waals surface area (Å²) < 4.78 is 26.3. The van der Waals surface area contributed by atoms with Gasteiger partial charge in [-0.1, -0.05) is 67.6 Å². The van der Waals surface area contributed by atoms with Crippen LogP contribution in [0.5, 0.6) is 5.75 Å². The molecule has 1 aliphatic rings. The Kier molecular flexibility index (Phi) is 7.29. The van der Waals surface area contributed by atoms with Gasteiger partial charge in [-0.15, -0.1) is 0 Å². The first-order valence-electron chi connectivity index (χ1n) is 11.8. The average molecular weight is 471 g/mol. The van der Waals surface area contributed by atoms with Gasteiger partial charge >= 0.3 is 6.09 Å².